The van der Waals surface area contributed by atoms with Crippen LogP contribution < -0.4 is 5.56 Å². The van der Waals surface area contributed by atoms with Crippen LogP contribution in [0.1, 0.15) is 25.2 Å². The predicted molar refractivity (Wildman–Crippen MR) is 93.9 cm³/mol. The van der Waals surface area contributed by atoms with E-state index in [2.05, 4.69) is 23.8 Å². The van der Waals surface area contributed by atoms with Gasteiger partial charge in [0.15, 0.2) is 0 Å². The summed E-state index contributed by atoms with van der Waals surface area (Å²) in [6.07, 6.45) is 0. The summed E-state index contributed by atoms with van der Waals surface area (Å²) >= 11 is 7.07. The molecule has 1 N–H and O–H groups in total. The zero-order valence-corrected chi connectivity index (χ0v) is 14.3. The van der Waals surface area contributed by atoms with Gasteiger partial charge in [0.1, 0.15) is 10.1 Å². The lowest BCUT2D eigenvalue weighted by molar-refractivity contribution is 0.519. The number of aromatic amines is 1. The zero-order valence-electron chi connectivity index (χ0n) is 12.6. The van der Waals surface area contributed by atoms with E-state index in [0.717, 1.165) is 15.4 Å². The standard InChI is InChI=1S/C15H19N3OS2/c1-9(2)21-15(20)18(4)8-11-5-6-13-12(7-11)14(19)17-10(3)16-13/h5-7,9H,8H2,1-4H3,(H,16,17,19). The van der Waals surface area contributed by atoms with E-state index >= 15 is 0 Å². The molecule has 0 radical (unpaired) electrons. The summed E-state index contributed by atoms with van der Waals surface area (Å²) in [5, 5.41) is 1.08. The molecule has 0 atom stereocenters. The van der Waals surface area contributed by atoms with E-state index in [1.165, 1.54) is 0 Å². The molecular formula is C15H19N3OS2. The van der Waals surface area contributed by atoms with Gasteiger partial charge in [0, 0.05) is 18.8 Å². The fourth-order valence-electron chi connectivity index (χ4n) is 2.03. The minimum atomic E-state index is -0.0962. The number of nitrogens with one attached hydrogen (secondary N) is 1. The maximum atomic E-state index is 12.0. The number of hydrogen-bond acceptors (Lipinski definition) is 4. The molecule has 1 aromatic carbocycles. The highest BCUT2D eigenvalue weighted by molar-refractivity contribution is 8.23. The van der Waals surface area contributed by atoms with Crippen LogP contribution in [0.15, 0.2) is 23.0 Å². The number of thiocarbonyl (C=S) groups is 1. The molecular weight excluding hydrogens is 302 g/mol. The molecule has 0 aliphatic rings. The normalized spacial score (nSPS) is 11.1. The Morgan fingerprint density at radius 1 is 1.48 bits per heavy atom. The Hall–Kier alpha value is -1.40. The summed E-state index contributed by atoms with van der Waals surface area (Å²) in [6.45, 7) is 6.70. The van der Waals surface area contributed by atoms with Gasteiger partial charge in [-0.3, -0.25) is 4.79 Å². The molecule has 0 aliphatic heterocycles. The van der Waals surface area contributed by atoms with Gasteiger partial charge in [0.2, 0.25) is 0 Å². The van der Waals surface area contributed by atoms with Crippen molar-refractivity contribution >= 4 is 39.2 Å². The van der Waals surface area contributed by atoms with Gasteiger partial charge in [-0.15, -0.1) is 0 Å². The van der Waals surface area contributed by atoms with Gasteiger partial charge in [0.05, 0.1) is 10.9 Å². The van der Waals surface area contributed by atoms with Crippen molar-refractivity contribution in [2.24, 2.45) is 0 Å². The molecule has 4 nitrogen and oxygen atoms in total. The van der Waals surface area contributed by atoms with E-state index in [9.17, 15) is 4.79 Å². The smallest absolute Gasteiger partial charge is 0.258 e. The van der Waals surface area contributed by atoms with Crippen LogP contribution >= 0.6 is 24.0 Å². The van der Waals surface area contributed by atoms with Crippen molar-refractivity contribution in [3.8, 4) is 0 Å². The molecule has 6 heteroatoms. The molecule has 21 heavy (non-hydrogen) atoms. The van der Waals surface area contributed by atoms with E-state index in [1.54, 1.807) is 18.7 Å². The molecule has 2 rings (SSSR count). The van der Waals surface area contributed by atoms with Crippen LogP contribution in [-0.4, -0.2) is 31.5 Å². The second-order valence-electron chi connectivity index (χ2n) is 5.29. The van der Waals surface area contributed by atoms with Crippen molar-refractivity contribution in [3.05, 3.63) is 39.9 Å². The van der Waals surface area contributed by atoms with E-state index < -0.39 is 0 Å². The number of fused-ring (bicyclic) bond motifs is 1. The Bertz CT molecular complexity index is 724. The van der Waals surface area contributed by atoms with Crippen LogP contribution in [0.3, 0.4) is 0 Å². The molecule has 0 spiro atoms. The Kier molecular flexibility index (Phi) is 5.00. The summed E-state index contributed by atoms with van der Waals surface area (Å²) in [6, 6.07) is 5.77. The number of benzene rings is 1. The van der Waals surface area contributed by atoms with Crippen LogP contribution in [-0.2, 0) is 6.54 Å². The molecule has 0 fully saturated rings. The topological polar surface area (TPSA) is 49.0 Å². The van der Waals surface area contributed by atoms with Gasteiger partial charge < -0.3 is 9.88 Å². The predicted octanol–water partition coefficient (Wildman–Crippen LogP) is 3.09. The van der Waals surface area contributed by atoms with Crippen molar-refractivity contribution in [2.75, 3.05) is 7.05 Å². The first-order valence-electron chi connectivity index (χ1n) is 6.78. The van der Waals surface area contributed by atoms with Gasteiger partial charge in [-0.1, -0.05) is 43.9 Å². The second kappa shape index (κ2) is 6.58. The van der Waals surface area contributed by atoms with E-state index in [0.29, 0.717) is 23.0 Å². The minimum absolute atomic E-state index is 0.0962. The van der Waals surface area contributed by atoms with E-state index in [4.69, 9.17) is 12.2 Å². The molecule has 0 unspecified atom stereocenters. The van der Waals surface area contributed by atoms with Crippen molar-refractivity contribution in [2.45, 2.75) is 32.6 Å². The lowest BCUT2D eigenvalue weighted by atomic mass is 10.1. The summed E-state index contributed by atoms with van der Waals surface area (Å²) in [7, 11) is 1.97. The maximum Gasteiger partial charge on any atom is 0.258 e. The van der Waals surface area contributed by atoms with Crippen LogP contribution in [0, 0.1) is 6.92 Å². The molecule has 0 saturated heterocycles. The number of aromatic nitrogens is 2. The summed E-state index contributed by atoms with van der Waals surface area (Å²) in [5.74, 6) is 0.631. The highest BCUT2D eigenvalue weighted by Crippen LogP contribution is 2.17. The fraction of sp³-hybridized carbons (Fsp3) is 0.400. The number of thioether (sulfide) groups is 1. The fourth-order valence-corrected chi connectivity index (χ4v) is 3.32. The third-order valence-electron chi connectivity index (χ3n) is 2.96. The van der Waals surface area contributed by atoms with E-state index in [1.807, 2.05) is 30.1 Å². The number of H-pyrrole nitrogens is 1. The number of aryl methyl sites for hydroxylation is 1. The van der Waals surface area contributed by atoms with Crippen molar-refractivity contribution in [1.29, 1.82) is 0 Å². The molecule has 0 aliphatic carbocycles. The quantitative estimate of drug-likeness (QED) is 0.880. The first kappa shape index (κ1) is 16.0. The largest absolute Gasteiger partial charge is 0.356 e. The van der Waals surface area contributed by atoms with Gasteiger partial charge in [0.25, 0.3) is 5.56 Å². The highest BCUT2D eigenvalue weighted by atomic mass is 32.2. The number of hydrogen-bond donors (Lipinski definition) is 1. The Morgan fingerprint density at radius 3 is 2.86 bits per heavy atom. The van der Waals surface area contributed by atoms with Crippen LogP contribution in [0.25, 0.3) is 10.9 Å². The molecule has 0 saturated carbocycles. The minimum Gasteiger partial charge on any atom is -0.356 e. The first-order chi connectivity index (χ1) is 9.86. The van der Waals surface area contributed by atoms with Crippen LogP contribution in [0.5, 0.6) is 0 Å². The zero-order chi connectivity index (χ0) is 15.6. The molecule has 0 bridgehead atoms. The van der Waals surface area contributed by atoms with Crippen molar-refractivity contribution in [3.63, 3.8) is 0 Å². The van der Waals surface area contributed by atoms with Gasteiger partial charge in [-0.05, 0) is 24.6 Å². The molecule has 2 aromatic rings. The molecule has 0 amide bonds. The van der Waals surface area contributed by atoms with E-state index in [-0.39, 0.29) is 5.56 Å². The molecule has 1 heterocycles. The first-order valence-corrected chi connectivity index (χ1v) is 8.07. The van der Waals surface area contributed by atoms with Crippen LogP contribution in [0.4, 0.5) is 0 Å². The van der Waals surface area contributed by atoms with Gasteiger partial charge in [-0.2, -0.15) is 0 Å². The second-order valence-corrected chi connectivity index (χ2v) is 7.50. The monoisotopic (exact) mass is 321 g/mol. The number of rotatable bonds is 3. The SMILES string of the molecule is Cc1nc2ccc(CN(C)C(=S)SC(C)C)cc2c(=O)[nH]1. The summed E-state index contributed by atoms with van der Waals surface area (Å²) in [4.78, 5) is 21.1. The molecule has 112 valence electrons. The Morgan fingerprint density at radius 2 is 2.19 bits per heavy atom. The lowest BCUT2D eigenvalue weighted by Crippen LogP contribution is -2.23. The van der Waals surface area contributed by atoms with Crippen molar-refractivity contribution < 1.29 is 0 Å². The van der Waals surface area contributed by atoms with Gasteiger partial charge in [-0.25, -0.2) is 4.98 Å². The lowest BCUT2D eigenvalue weighted by Gasteiger charge is -2.20. The summed E-state index contributed by atoms with van der Waals surface area (Å²) in [5.41, 5.74) is 1.68. The average Bonchev–Trinajstić information content (AvgIpc) is 2.38. The Labute approximate surface area is 134 Å². The summed E-state index contributed by atoms with van der Waals surface area (Å²) < 4.78 is 0.862. The Balaban J connectivity index is 2.24. The average molecular weight is 321 g/mol. The van der Waals surface area contributed by atoms with Crippen LogP contribution in [0.2, 0.25) is 0 Å². The maximum absolute atomic E-state index is 12.0. The molecule has 1 aromatic heterocycles. The highest BCUT2D eigenvalue weighted by Gasteiger charge is 2.09. The third-order valence-corrected chi connectivity index (χ3v) is 4.54. The third kappa shape index (κ3) is 4.04. The number of nitrogens with zero attached hydrogens (tertiary/aromatic N) is 2. The van der Waals surface area contributed by atoms with Gasteiger partial charge >= 0.3 is 0 Å². The van der Waals surface area contributed by atoms with Crippen molar-refractivity contribution in [1.82, 2.24) is 14.9 Å².